The molecule has 6 aromatic rings. The Bertz CT molecular complexity index is 2580. The van der Waals surface area contributed by atoms with Crippen molar-refractivity contribution in [3.05, 3.63) is 214 Å². The van der Waals surface area contributed by atoms with Crippen LogP contribution in [0.15, 0.2) is 181 Å². The van der Waals surface area contributed by atoms with Crippen molar-refractivity contribution in [1.82, 2.24) is 0 Å². The van der Waals surface area contributed by atoms with Gasteiger partial charge in [-0.3, -0.25) is 9.59 Å². The van der Waals surface area contributed by atoms with E-state index in [1.165, 1.54) is 6.92 Å². The van der Waals surface area contributed by atoms with Crippen LogP contribution >= 0.6 is 0 Å². The maximum absolute atomic E-state index is 14.1. The van der Waals surface area contributed by atoms with Crippen LogP contribution < -0.4 is 9.47 Å². The van der Waals surface area contributed by atoms with Gasteiger partial charge in [-0.15, -0.1) is 0 Å². The number of Topliss-reactive ketones (excluding diaryl/α,β-unsaturated/α-hetero) is 1. The summed E-state index contributed by atoms with van der Waals surface area (Å²) in [6, 6.07) is 53.6. The molecule has 1 aliphatic heterocycles. The summed E-state index contributed by atoms with van der Waals surface area (Å²) in [6.45, 7) is 3.21. The highest BCUT2D eigenvalue weighted by Crippen LogP contribution is 2.34. The Labute approximate surface area is 426 Å². The van der Waals surface area contributed by atoms with E-state index < -0.39 is 66.8 Å². The van der Waals surface area contributed by atoms with Gasteiger partial charge in [0.2, 0.25) is 0 Å². The summed E-state index contributed by atoms with van der Waals surface area (Å²) in [6.07, 6.45) is -9.37. The molecular formula is C58H63N3O12. The SMILES string of the molecule is CCC(=O)C(OC(C)=O)[C@H](OCc1ccccc1)[C@H](OCc1ccccc1)[C@@H](COc1ccc(OC)cc1)O[C@@H]1O[C@H](COCc2ccccc2)[C@@H](OCc2ccccc2)[C@H](OCc2ccccc2)[C@H]1N=[N+]=[N-]. The Morgan fingerprint density at radius 2 is 1.08 bits per heavy atom. The van der Waals surface area contributed by atoms with E-state index in [-0.39, 0.29) is 52.7 Å². The molecule has 1 unspecified atom stereocenters. The fraction of sp³-hybridized carbons (Fsp3) is 0.345. The van der Waals surface area contributed by atoms with Crippen molar-refractivity contribution in [3.8, 4) is 11.5 Å². The topological polar surface area (TPSA) is 175 Å². The van der Waals surface area contributed by atoms with Crippen LogP contribution in [0.5, 0.6) is 11.5 Å². The average Bonchev–Trinajstić information content (AvgIpc) is 3.43. The number of benzene rings is 6. The van der Waals surface area contributed by atoms with Gasteiger partial charge in [0, 0.05) is 18.3 Å². The minimum atomic E-state index is -1.46. The van der Waals surface area contributed by atoms with Gasteiger partial charge in [0.1, 0.15) is 60.8 Å². The van der Waals surface area contributed by atoms with E-state index in [9.17, 15) is 15.1 Å². The number of hydrogen-bond donors (Lipinski definition) is 0. The van der Waals surface area contributed by atoms with Crippen LogP contribution in [0.3, 0.4) is 0 Å². The zero-order chi connectivity index (χ0) is 51.0. The van der Waals surface area contributed by atoms with Gasteiger partial charge in [-0.1, -0.05) is 164 Å². The molecule has 6 aromatic carbocycles. The zero-order valence-electron chi connectivity index (χ0n) is 41.3. The van der Waals surface area contributed by atoms with Crippen LogP contribution in [-0.2, 0) is 80.5 Å². The molecule has 15 nitrogen and oxygen atoms in total. The highest BCUT2D eigenvalue weighted by atomic mass is 16.7. The second kappa shape index (κ2) is 29.0. The largest absolute Gasteiger partial charge is 0.497 e. The average molecular weight is 994 g/mol. The molecule has 0 radical (unpaired) electrons. The molecule has 7 rings (SSSR count). The maximum Gasteiger partial charge on any atom is 0.303 e. The molecule has 0 bridgehead atoms. The number of rotatable bonds is 29. The van der Waals surface area contributed by atoms with Gasteiger partial charge < -0.3 is 47.4 Å². The lowest BCUT2D eigenvalue weighted by Crippen LogP contribution is -2.62. The predicted molar refractivity (Wildman–Crippen MR) is 272 cm³/mol. The number of ether oxygens (including phenoxy) is 10. The Morgan fingerprint density at radius 1 is 0.616 bits per heavy atom. The first-order valence-electron chi connectivity index (χ1n) is 24.4. The summed E-state index contributed by atoms with van der Waals surface area (Å²) < 4.78 is 65.6. The van der Waals surface area contributed by atoms with Crippen molar-refractivity contribution < 1.29 is 57.0 Å². The third-order valence-corrected chi connectivity index (χ3v) is 12.1. The molecule has 382 valence electrons. The van der Waals surface area contributed by atoms with Crippen LogP contribution in [0.4, 0.5) is 0 Å². The lowest BCUT2D eigenvalue weighted by molar-refractivity contribution is -0.310. The standard InChI is InChI=1S/C58H63N3O12/c1-4-49(63)53(71-41(2)62)57(70-38-46-28-18-9-19-29-46)55(68-36-44-24-14-7-15-25-44)51(40-66-48-32-30-47(64-3)31-33-48)73-58-52(60-61-59)56(69-37-45-26-16-8-17-27-45)54(67-35-43-22-12-6-13-23-43)50(72-58)39-65-34-42-20-10-5-11-21-42/h5-33,50-58H,4,34-40H2,1-3H3/t50-,51-,52-,53?,54-,55-,56-,57+,58+/m1/s1. The van der Waals surface area contributed by atoms with Crippen LogP contribution in [0.2, 0.25) is 0 Å². The van der Waals surface area contributed by atoms with E-state index in [1.807, 2.05) is 152 Å². The van der Waals surface area contributed by atoms with Crippen molar-refractivity contribution in [2.75, 3.05) is 20.3 Å². The molecule has 0 saturated carbocycles. The molecule has 9 atom stereocenters. The summed E-state index contributed by atoms with van der Waals surface area (Å²) in [5, 5.41) is 4.34. The van der Waals surface area contributed by atoms with Crippen molar-refractivity contribution >= 4 is 11.8 Å². The minimum absolute atomic E-state index is 0.00256. The smallest absolute Gasteiger partial charge is 0.303 e. The van der Waals surface area contributed by atoms with Crippen LogP contribution in [-0.4, -0.2) is 87.1 Å². The summed E-state index contributed by atoms with van der Waals surface area (Å²) >= 11 is 0. The van der Waals surface area contributed by atoms with Gasteiger partial charge in [0.15, 0.2) is 18.2 Å². The Balaban J connectivity index is 1.34. The minimum Gasteiger partial charge on any atom is -0.497 e. The number of ketones is 1. The molecule has 73 heavy (non-hydrogen) atoms. The molecule has 15 heteroatoms. The number of esters is 1. The van der Waals surface area contributed by atoms with Gasteiger partial charge in [-0.05, 0) is 57.6 Å². The van der Waals surface area contributed by atoms with Crippen molar-refractivity contribution in [2.45, 2.75) is 108 Å². The van der Waals surface area contributed by atoms with Gasteiger partial charge in [0.05, 0.1) is 46.8 Å². The molecular weight excluding hydrogens is 931 g/mol. The van der Waals surface area contributed by atoms with Crippen molar-refractivity contribution in [1.29, 1.82) is 0 Å². The fourth-order valence-corrected chi connectivity index (χ4v) is 8.35. The second-order valence-electron chi connectivity index (χ2n) is 17.3. The van der Waals surface area contributed by atoms with Crippen molar-refractivity contribution in [2.24, 2.45) is 5.11 Å². The van der Waals surface area contributed by atoms with E-state index in [1.54, 1.807) is 38.3 Å². The summed E-state index contributed by atoms with van der Waals surface area (Å²) in [5.41, 5.74) is 14.7. The molecule has 1 heterocycles. The quantitative estimate of drug-likeness (QED) is 0.0188. The number of azide groups is 1. The van der Waals surface area contributed by atoms with Gasteiger partial charge >= 0.3 is 5.97 Å². The molecule has 0 aromatic heterocycles. The molecule has 0 spiro atoms. The first-order valence-corrected chi connectivity index (χ1v) is 24.4. The molecule has 1 aliphatic rings. The molecule has 0 aliphatic carbocycles. The summed E-state index contributed by atoms with van der Waals surface area (Å²) in [4.78, 5) is 30.4. The number of hydrogen-bond acceptors (Lipinski definition) is 13. The third kappa shape index (κ3) is 16.6. The highest BCUT2D eigenvalue weighted by Gasteiger charge is 2.51. The lowest BCUT2D eigenvalue weighted by Gasteiger charge is -2.46. The maximum atomic E-state index is 14.1. The van der Waals surface area contributed by atoms with Gasteiger partial charge in [0.25, 0.3) is 0 Å². The Morgan fingerprint density at radius 3 is 1.56 bits per heavy atom. The zero-order valence-corrected chi connectivity index (χ0v) is 41.3. The first kappa shape index (κ1) is 53.9. The van der Waals surface area contributed by atoms with E-state index >= 15 is 0 Å². The number of nitrogens with zero attached hydrogens (tertiary/aromatic N) is 3. The highest BCUT2D eigenvalue weighted by molar-refractivity contribution is 5.85. The number of carbonyl (C=O) groups excluding carboxylic acids is 2. The van der Waals surface area contributed by atoms with Crippen LogP contribution in [0.1, 0.15) is 48.1 Å². The van der Waals surface area contributed by atoms with E-state index in [2.05, 4.69) is 10.0 Å². The van der Waals surface area contributed by atoms with E-state index in [4.69, 9.17) is 47.4 Å². The summed E-state index contributed by atoms with van der Waals surface area (Å²) in [7, 11) is 1.57. The molecule has 0 N–H and O–H groups in total. The summed E-state index contributed by atoms with van der Waals surface area (Å²) in [5.74, 6) is -0.0624. The fourth-order valence-electron chi connectivity index (χ4n) is 8.35. The molecule has 1 saturated heterocycles. The number of carbonyl (C=O) groups is 2. The van der Waals surface area contributed by atoms with Gasteiger partial charge in [-0.2, -0.15) is 0 Å². The van der Waals surface area contributed by atoms with Gasteiger partial charge in [-0.25, -0.2) is 0 Å². The Kier molecular flexibility index (Phi) is 21.4. The molecule has 0 amide bonds. The first-order chi connectivity index (χ1) is 35.8. The normalized spacial score (nSPS) is 19.1. The predicted octanol–water partition coefficient (Wildman–Crippen LogP) is 10.3. The molecule has 1 fully saturated rings. The van der Waals surface area contributed by atoms with E-state index in [0.29, 0.717) is 11.5 Å². The van der Waals surface area contributed by atoms with Crippen LogP contribution in [0.25, 0.3) is 10.4 Å². The third-order valence-electron chi connectivity index (χ3n) is 12.1. The van der Waals surface area contributed by atoms with E-state index in [0.717, 1.165) is 27.8 Å². The van der Waals surface area contributed by atoms with Crippen molar-refractivity contribution in [3.63, 3.8) is 0 Å². The lowest BCUT2D eigenvalue weighted by atomic mass is 9.95. The Hall–Kier alpha value is -6.91. The van der Waals surface area contributed by atoms with Crippen LogP contribution in [0, 0.1) is 0 Å². The monoisotopic (exact) mass is 993 g/mol. The number of methoxy groups -OCH3 is 1. The second-order valence-corrected chi connectivity index (χ2v) is 17.3.